The van der Waals surface area contributed by atoms with Gasteiger partial charge >= 0.3 is 0 Å². The van der Waals surface area contributed by atoms with Crippen LogP contribution in [0, 0.1) is 0 Å². The summed E-state index contributed by atoms with van der Waals surface area (Å²) in [7, 11) is 5.05. The summed E-state index contributed by atoms with van der Waals surface area (Å²) in [6.45, 7) is 5.19. The number of hydrogen-bond acceptors (Lipinski definition) is 4. The molecule has 0 bridgehead atoms. The minimum atomic E-state index is 0. The lowest BCUT2D eigenvalue weighted by molar-refractivity contribution is 0.352. The molecule has 0 fully saturated rings. The van der Waals surface area contributed by atoms with Gasteiger partial charge in [-0.15, -0.1) is 30.6 Å². The lowest BCUT2D eigenvalue weighted by atomic mass is 10.1. The number of pyridine rings is 1. The third-order valence-electron chi connectivity index (χ3n) is 4.06. The van der Waals surface area contributed by atoms with E-state index in [4.69, 9.17) is 9.47 Å². The summed E-state index contributed by atoms with van der Waals surface area (Å²) in [6, 6.07) is 9.99. The molecule has 0 spiro atoms. The van der Waals surface area contributed by atoms with Crippen LogP contribution in [0.2, 0.25) is 0 Å². The Bertz CT molecular complexity index is 767. The molecule has 0 atom stereocenters. The molecule has 28 heavy (non-hydrogen) atoms. The van der Waals surface area contributed by atoms with Gasteiger partial charge in [-0.3, -0.25) is 9.98 Å². The number of aromatic nitrogens is 1. The van der Waals surface area contributed by atoms with Crippen molar-refractivity contribution in [2.45, 2.75) is 19.4 Å². The zero-order chi connectivity index (χ0) is 19.5. The Kier molecular flexibility index (Phi) is 11.0. The summed E-state index contributed by atoms with van der Waals surface area (Å²) < 4.78 is 11.0. The predicted molar refractivity (Wildman–Crippen MR) is 125 cm³/mol. The Balaban J connectivity index is 0.00000392. The number of methoxy groups -OCH3 is 2. The highest BCUT2D eigenvalue weighted by Crippen LogP contribution is 2.33. The second-order valence-corrected chi connectivity index (χ2v) is 5.91. The Morgan fingerprint density at radius 1 is 1.21 bits per heavy atom. The molecule has 0 radical (unpaired) electrons. The average molecular weight is 496 g/mol. The molecule has 1 aromatic carbocycles. The van der Waals surface area contributed by atoms with Gasteiger partial charge in [-0.05, 0) is 36.2 Å². The normalized spacial score (nSPS) is 10.6. The van der Waals surface area contributed by atoms with Crippen LogP contribution in [-0.2, 0) is 19.4 Å². The van der Waals surface area contributed by atoms with E-state index in [1.807, 2.05) is 30.3 Å². The number of benzene rings is 1. The van der Waals surface area contributed by atoms with E-state index in [0.717, 1.165) is 41.5 Å². The van der Waals surface area contributed by atoms with Gasteiger partial charge in [0.15, 0.2) is 17.5 Å². The first-order chi connectivity index (χ1) is 13.2. The molecule has 0 unspecified atom stereocenters. The fourth-order valence-corrected chi connectivity index (χ4v) is 2.78. The molecule has 1 aromatic heterocycles. The molecular weight excluding hydrogens is 467 g/mol. The lowest BCUT2D eigenvalue weighted by Crippen LogP contribution is -2.37. The monoisotopic (exact) mass is 496 g/mol. The molecule has 0 aliphatic rings. The van der Waals surface area contributed by atoms with E-state index in [-0.39, 0.29) is 24.0 Å². The summed E-state index contributed by atoms with van der Waals surface area (Å²) >= 11 is 0. The van der Waals surface area contributed by atoms with Crippen molar-refractivity contribution in [3.8, 4) is 11.5 Å². The molecule has 2 N–H and O–H groups in total. The number of guanidine groups is 1. The fraction of sp³-hybridized carbons (Fsp3) is 0.333. The van der Waals surface area contributed by atoms with Gasteiger partial charge in [0.1, 0.15) is 0 Å². The van der Waals surface area contributed by atoms with E-state index in [1.54, 1.807) is 27.5 Å². The van der Waals surface area contributed by atoms with E-state index >= 15 is 0 Å². The zero-order valence-corrected chi connectivity index (χ0v) is 19.0. The molecule has 7 heteroatoms. The summed E-state index contributed by atoms with van der Waals surface area (Å²) in [5, 5.41) is 6.63. The van der Waals surface area contributed by atoms with Crippen molar-refractivity contribution in [3.63, 3.8) is 0 Å². The Morgan fingerprint density at radius 3 is 2.64 bits per heavy atom. The van der Waals surface area contributed by atoms with Crippen molar-refractivity contribution in [1.82, 2.24) is 15.6 Å². The Labute approximate surface area is 184 Å². The molecule has 0 saturated heterocycles. The molecule has 2 aromatic rings. The van der Waals surface area contributed by atoms with Crippen molar-refractivity contribution < 1.29 is 9.47 Å². The maximum Gasteiger partial charge on any atom is 0.191 e. The van der Waals surface area contributed by atoms with E-state index in [9.17, 15) is 0 Å². The standard InChI is InChI=1S/C21H28N4O2.HI/c1-5-8-17-13-16(14-19(26-3)20(17)27-4)15-25-21(22-2)24-12-10-18-9-6-7-11-23-18;/h5-7,9,11,13-14H,1,8,10,12,15H2,2-4H3,(H2,22,24,25);1H. The largest absolute Gasteiger partial charge is 0.493 e. The summed E-state index contributed by atoms with van der Waals surface area (Å²) in [5.41, 5.74) is 3.17. The van der Waals surface area contributed by atoms with Crippen LogP contribution >= 0.6 is 24.0 Å². The van der Waals surface area contributed by atoms with Crippen molar-refractivity contribution in [2.24, 2.45) is 4.99 Å². The molecule has 152 valence electrons. The van der Waals surface area contributed by atoms with Gasteiger partial charge in [-0.2, -0.15) is 0 Å². The third kappa shape index (κ3) is 7.03. The smallest absolute Gasteiger partial charge is 0.191 e. The second-order valence-electron chi connectivity index (χ2n) is 5.91. The van der Waals surface area contributed by atoms with Crippen molar-refractivity contribution in [2.75, 3.05) is 27.8 Å². The number of ether oxygens (including phenoxy) is 2. The van der Waals surface area contributed by atoms with Crippen molar-refractivity contribution in [3.05, 3.63) is 66.0 Å². The van der Waals surface area contributed by atoms with Crippen LogP contribution in [0.5, 0.6) is 11.5 Å². The van der Waals surface area contributed by atoms with E-state index in [1.165, 1.54) is 0 Å². The maximum absolute atomic E-state index is 5.48. The van der Waals surface area contributed by atoms with Crippen molar-refractivity contribution in [1.29, 1.82) is 0 Å². The average Bonchev–Trinajstić information content (AvgIpc) is 2.71. The van der Waals surface area contributed by atoms with Crippen LogP contribution in [0.3, 0.4) is 0 Å². The van der Waals surface area contributed by atoms with Crippen LogP contribution in [-0.4, -0.2) is 38.8 Å². The molecule has 2 rings (SSSR count). The highest BCUT2D eigenvalue weighted by Gasteiger charge is 2.12. The Hall–Kier alpha value is -2.29. The van der Waals surface area contributed by atoms with Gasteiger partial charge in [-0.25, -0.2) is 0 Å². The molecule has 1 heterocycles. The zero-order valence-electron chi connectivity index (χ0n) is 16.7. The van der Waals surface area contributed by atoms with Gasteiger partial charge < -0.3 is 20.1 Å². The highest BCUT2D eigenvalue weighted by molar-refractivity contribution is 14.0. The van der Waals surface area contributed by atoms with Gasteiger partial charge in [-0.1, -0.05) is 12.1 Å². The van der Waals surface area contributed by atoms with Crippen LogP contribution in [0.25, 0.3) is 0 Å². The molecule has 6 nitrogen and oxygen atoms in total. The van der Waals surface area contributed by atoms with Crippen LogP contribution in [0.4, 0.5) is 0 Å². The molecule has 0 saturated carbocycles. The quantitative estimate of drug-likeness (QED) is 0.241. The van der Waals surface area contributed by atoms with Crippen LogP contribution in [0.15, 0.2) is 54.2 Å². The first-order valence-corrected chi connectivity index (χ1v) is 8.91. The number of allylic oxidation sites excluding steroid dienone is 1. The fourth-order valence-electron chi connectivity index (χ4n) is 2.78. The highest BCUT2D eigenvalue weighted by atomic mass is 127. The maximum atomic E-state index is 5.48. The number of hydrogen-bond donors (Lipinski definition) is 2. The Morgan fingerprint density at radius 2 is 2.04 bits per heavy atom. The third-order valence-corrected chi connectivity index (χ3v) is 4.06. The summed E-state index contributed by atoms with van der Waals surface area (Å²) in [4.78, 5) is 8.59. The van der Waals surface area contributed by atoms with Crippen molar-refractivity contribution >= 4 is 29.9 Å². The topological polar surface area (TPSA) is 67.8 Å². The lowest BCUT2D eigenvalue weighted by Gasteiger charge is -2.16. The summed E-state index contributed by atoms with van der Waals surface area (Å²) in [6.07, 6.45) is 5.21. The number of halogens is 1. The first kappa shape index (κ1) is 23.7. The van der Waals surface area contributed by atoms with Gasteiger partial charge in [0.2, 0.25) is 0 Å². The minimum Gasteiger partial charge on any atom is -0.493 e. The number of aliphatic imine (C=N–C) groups is 1. The van der Waals surface area contributed by atoms with Crippen LogP contribution in [0.1, 0.15) is 16.8 Å². The second kappa shape index (κ2) is 13.0. The predicted octanol–water partition coefficient (Wildman–Crippen LogP) is 3.35. The molecule has 0 aliphatic carbocycles. The van der Waals surface area contributed by atoms with Gasteiger partial charge in [0.05, 0.1) is 14.2 Å². The number of nitrogens with one attached hydrogen (secondary N) is 2. The van der Waals surface area contributed by atoms with Gasteiger partial charge in [0, 0.05) is 44.0 Å². The number of rotatable bonds is 9. The number of nitrogens with zero attached hydrogens (tertiary/aromatic N) is 2. The van der Waals surface area contributed by atoms with Gasteiger partial charge in [0.25, 0.3) is 0 Å². The van der Waals surface area contributed by atoms with E-state index in [0.29, 0.717) is 18.7 Å². The van der Waals surface area contributed by atoms with Crippen LogP contribution < -0.4 is 20.1 Å². The first-order valence-electron chi connectivity index (χ1n) is 8.91. The molecular formula is C21H29IN4O2. The van der Waals surface area contributed by atoms with E-state index in [2.05, 4.69) is 33.3 Å². The molecule has 0 aliphatic heterocycles. The van der Waals surface area contributed by atoms with E-state index < -0.39 is 0 Å². The summed E-state index contributed by atoms with van der Waals surface area (Å²) in [5.74, 6) is 2.21. The molecule has 0 amide bonds. The SMILES string of the molecule is C=CCc1cc(CNC(=NC)NCCc2ccccn2)cc(OC)c1OC.I. The minimum absolute atomic E-state index is 0.